The molecule has 0 aromatic heterocycles. The zero-order valence-corrected chi connectivity index (χ0v) is 11.8. The van der Waals surface area contributed by atoms with Crippen LogP contribution in [0.5, 0.6) is 0 Å². The number of hydrogen-bond acceptors (Lipinski definition) is 4. The average Bonchev–Trinajstić information content (AvgIpc) is 2.49. The fraction of sp³-hybridized carbons (Fsp3) is 0.533. The number of carbonyl (C=O) groups is 1. The van der Waals surface area contributed by atoms with Gasteiger partial charge < -0.3 is 5.11 Å². The number of nitrogens with one attached hydrogen (secondary N) is 1. The van der Waals surface area contributed by atoms with E-state index in [0.717, 1.165) is 12.7 Å². The van der Waals surface area contributed by atoms with E-state index in [-0.39, 0.29) is 0 Å². The monoisotopic (exact) mass is 267 g/mol. The molecule has 4 nitrogen and oxygen atoms in total. The minimum Gasteiger partial charge on any atom is -0.396 e. The fourth-order valence-corrected chi connectivity index (χ4v) is 1.55. The predicted octanol–water partition coefficient (Wildman–Crippen LogP) is 3.50. The van der Waals surface area contributed by atoms with Crippen LogP contribution in [0.4, 0.5) is 5.69 Å². The molecule has 4 heteroatoms. The van der Waals surface area contributed by atoms with Crippen molar-refractivity contribution in [2.75, 3.05) is 12.1 Å². The van der Waals surface area contributed by atoms with Gasteiger partial charge in [0.15, 0.2) is 0 Å². The van der Waals surface area contributed by atoms with Crippen LogP contribution in [0.2, 0.25) is 0 Å². The fourth-order valence-electron chi connectivity index (χ4n) is 1.55. The molecule has 1 aromatic carbocycles. The van der Waals surface area contributed by atoms with Crippen LogP contribution in [-0.4, -0.2) is 23.2 Å². The summed E-state index contributed by atoms with van der Waals surface area (Å²) in [5, 5.41) is 17.1. The molecule has 19 heavy (non-hydrogen) atoms. The highest BCUT2D eigenvalue weighted by molar-refractivity contribution is 5.75. The number of aliphatic hydroxyl groups is 1. The molecule has 0 radical (unpaired) electrons. The molecular weight excluding hydrogens is 242 g/mol. The largest absolute Gasteiger partial charge is 0.396 e. The number of hydrogen-bond donors (Lipinski definition) is 3. The number of anilines is 1. The summed E-state index contributed by atoms with van der Waals surface area (Å²) < 4.78 is 0. The lowest BCUT2D eigenvalue weighted by molar-refractivity contribution is 0.112. The van der Waals surface area contributed by atoms with E-state index in [9.17, 15) is 4.79 Å². The standard InChI is InChI=1S/C8H18O.C7H7NO2/c1-3-5-6-8(4-2)7-9;9-5-6-1-3-7(8-10)4-2-6/h8-9H,3-7H2,1-2H3;1-5,8,10H. The van der Waals surface area contributed by atoms with Gasteiger partial charge in [-0.05, 0) is 36.6 Å². The molecule has 3 N–H and O–H groups in total. The number of carbonyl (C=O) groups excluding carboxylic acids is 1. The molecule has 0 saturated carbocycles. The Morgan fingerprint density at radius 2 is 1.89 bits per heavy atom. The summed E-state index contributed by atoms with van der Waals surface area (Å²) in [7, 11) is 0. The average molecular weight is 267 g/mol. The first kappa shape index (κ1) is 17.6. The first-order valence-corrected chi connectivity index (χ1v) is 6.77. The Bertz CT molecular complexity index is 321. The Labute approximate surface area is 115 Å². The quantitative estimate of drug-likeness (QED) is 0.522. The van der Waals surface area contributed by atoms with E-state index in [4.69, 9.17) is 10.3 Å². The maximum absolute atomic E-state index is 10.1. The van der Waals surface area contributed by atoms with E-state index < -0.39 is 0 Å². The molecule has 0 aliphatic rings. The number of aliphatic hydroxyl groups excluding tert-OH is 1. The van der Waals surface area contributed by atoms with Gasteiger partial charge in [0.1, 0.15) is 6.29 Å². The lowest BCUT2D eigenvalue weighted by Crippen LogP contribution is -2.03. The van der Waals surface area contributed by atoms with Gasteiger partial charge in [0, 0.05) is 12.2 Å². The van der Waals surface area contributed by atoms with Gasteiger partial charge in [0.05, 0.1) is 5.69 Å². The Kier molecular flexibility index (Phi) is 10.8. The molecule has 0 fully saturated rings. The summed E-state index contributed by atoms with van der Waals surface area (Å²) in [6.45, 7) is 4.69. The van der Waals surface area contributed by atoms with Crippen LogP contribution in [0.3, 0.4) is 0 Å². The molecule has 0 saturated heterocycles. The molecule has 0 heterocycles. The van der Waals surface area contributed by atoms with Gasteiger partial charge in [-0.1, -0.05) is 33.1 Å². The third kappa shape index (κ3) is 8.35. The highest BCUT2D eigenvalue weighted by Crippen LogP contribution is 2.10. The second-order valence-electron chi connectivity index (χ2n) is 4.45. The van der Waals surface area contributed by atoms with E-state index in [1.807, 2.05) is 5.48 Å². The molecule has 1 aromatic rings. The Hall–Kier alpha value is -1.39. The number of unbranched alkanes of at least 4 members (excludes halogenated alkanes) is 1. The predicted molar refractivity (Wildman–Crippen MR) is 77.6 cm³/mol. The summed E-state index contributed by atoms with van der Waals surface area (Å²) >= 11 is 0. The van der Waals surface area contributed by atoms with Gasteiger partial charge >= 0.3 is 0 Å². The van der Waals surface area contributed by atoms with Crippen LogP contribution in [0.25, 0.3) is 0 Å². The van der Waals surface area contributed by atoms with Crippen molar-refractivity contribution in [3.8, 4) is 0 Å². The van der Waals surface area contributed by atoms with E-state index >= 15 is 0 Å². The summed E-state index contributed by atoms with van der Waals surface area (Å²) in [4.78, 5) is 10.1. The summed E-state index contributed by atoms with van der Waals surface area (Å²) in [6, 6.07) is 6.46. The van der Waals surface area contributed by atoms with Crippen molar-refractivity contribution in [3.63, 3.8) is 0 Å². The molecule has 108 valence electrons. The normalized spacial score (nSPS) is 11.2. The van der Waals surface area contributed by atoms with E-state index in [2.05, 4.69) is 13.8 Å². The minimum atomic E-state index is 0.372. The summed E-state index contributed by atoms with van der Waals surface area (Å²) in [5.74, 6) is 0.560. The second-order valence-corrected chi connectivity index (χ2v) is 4.45. The van der Waals surface area contributed by atoms with Crippen molar-refractivity contribution in [2.24, 2.45) is 5.92 Å². The first-order valence-electron chi connectivity index (χ1n) is 6.77. The lowest BCUT2D eigenvalue weighted by atomic mass is 10.0. The van der Waals surface area contributed by atoms with Crippen LogP contribution in [0.15, 0.2) is 24.3 Å². The Balaban J connectivity index is 0.000000344. The van der Waals surface area contributed by atoms with Gasteiger partial charge in [-0.15, -0.1) is 0 Å². The van der Waals surface area contributed by atoms with Crippen molar-refractivity contribution in [1.29, 1.82) is 0 Å². The summed E-state index contributed by atoms with van der Waals surface area (Å²) in [5.41, 5.74) is 3.13. The molecule has 1 unspecified atom stereocenters. The maximum Gasteiger partial charge on any atom is 0.150 e. The van der Waals surface area contributed by atoms with E-state index in [1.54, 1.807) is 24.3 Å². The van der Waals surface area contributed by atoms with Crippen molar-refractivity contribution in [1.82, 2.24) is 0 Å². The Morgan fingerprint density at radius 3 is 2.26 bits per heavy atom. The van der Waals surface area contributed by atoms with Gasteiger partial charge in [0.2, 0.25) is 0 Å². The van der Waals surface area contributed by atoms with Gasteiger partial charge in [-0.3, -0.25) is 15.5 Å². The molecule has 1 atom stereocenters. The van der Waals surface area contributed by atoms with Crippen molar-refractivity contribution in [2.45, 2.75) is 39.5 Å². The van der Waals surface area contributed by atoms with Crippen molar-refractivity contribution >= 4 is 12.0 Å². The molecule has 0 amide bonds. The van der Waals surface area contributed by atoms with Crippen LogP contribution >= 0.6 is 0 Å². The third-order valence-electron chi connectivity index (χ3n) is 2.98. The highest BCUT2D eigenvalue weighted by atomic mass is 16.5. The SMILES string of the molecule is CCCCC(CC)CO.O=Cc1ccc(NO)cc1. The maximum atomic E-state index is 10.1. The van der Waals surface area contributed by atoms with Crippen LogP contribution in [-0.2, 0) is 0 Å². The van der Waals surface area contributed by atoms with E-state index in [0.29, 0.717) is 23.8 Å². The number of benzene rings is 1. The van der Waals surface area contributed by atoms with E-state index in [1.165, 1.54) is 19.3 Å². The smallest absolute Gasteiger partial charge is 0.150 e. The number of rotatable bonds is 7. The molecule has 1 rings (SSSR count). The van der Waals surface area contributed by atoms with Gasteiger partial charge in [0.25, 0.3) is 0 Å². The zero-order valence-electron chi connectivity index (χ0n) is 11.8. The van der Waals surface area contributed by atoms with Gasteiger partial charge in [-0.25, -0.2) is 0 Å². The molecule has 0 aliphatic carbocycles. The topological polar surface area (TPSA) is 69.6 Å². The lowest BCUT2D eigenvalue weighted by Gasteiger charge is -2.08. The first-order chi connectivity index (χ1) is 9.21. The number of aldehydes is 1. The van der Waals surface area contributed by atoms with Gasteiger partial charge in [-0.2, -0.15) is 0 Å². The van der Waals surface area contributed by atoms with Crippen molar-refractivity contribution < 1.29 is 15.1 Å². The van der Waals surface area contributed by atoms with Crippen molar-refractivity contribution in [3.05, 3.63) is 29.8 Å². The zero-order chi connectivity index (χ0) is 14.5. The van der Waals surface area contributed by atoms with Crippen LogP contribution in [0.1, 0.15) is 49.9 Å². The Morgan fingerprint density at radius 1 is 1.26 bits per heavy atom. The second kappa shape index (κ2) is 11.7. The third-order valence-corrected chi connectivity index (χ3v) is 2.98. The molecular formula is C15H25NO3. The van der Waals surface area contributed by atoms with Crippen LogP contribution in [0, 0.1) is 5.92 Å². The summed E-state index contributed by atoms with van der Waals surface area (Å²) in [6.07, 6.45) is 5.58. The molecule has 0 bridgehead atoms. The van der Waals surface area contributed by atoms with Crippen LogP contribution < -0.4 is 5.48 Å². The molecule has 0 aliphatic heterocycles. The minimum absolute atomic E-state index is 0.372. The molecule has 0 spiro atoms. The highest BCUT2D eigenvalue weighted by Gasteiger charge is 2.01.